The summed E-state index contributed by atoms with van der Waals surface area (Å²) >= 11 is 0. The molecule has 2 fully saturated rings. The molecule has 0 aromatic rings. The molecule has 2 aliphatic rings. The number of hydrogen-bond donors (Lipinski definition) is 1. The molecule has 0 radical (unpaired) electrons. The van der Waals surface area contributed by atoms with E-state index in [9.17, 15) is 19.5 Å². The van der Waals surface area contributed by atoms with Crippen molar-refractivity contribution in [2.45, 2.75) is 228 Å². The van der Waals surface area contributed by atoms with Crippen LogP contribution in [0.15, 0.2) is 0 Å². The number of rotatable bonds is 31. The molecule has 2 rings (SSSR count). The highest BCUT2D eigenvalue weighted by Gasteiger charge is 2.53. The van der Waals surface area contributed by atoms with Gasteiger partial charge < -0.3 is 14.6 Å². The second-order valence-electron chi connectivity index (χ2n) is 18.6. The summed E-state index contributed by atoms with van der Waals surface area (Å²) in [6, 6.07) is 0. The van der Waals surface area contributed by atoms with Crippen molar-refractivity contribution in [3.63, 3.8) is 0 Å². The number of carboxylic acid groups (broad SMARTS) is 1. The first kappa shape index (κ1) is 46.6. The lowest BCUT2D eigenvalue weighted by Crippen LogP contribution is -2.48. The van der Waals surface area contributed by atoms with Crippen molar-refractivity contribution in [2.75, 3.05) is 13.2 Å². The second-order valence-corrected chi connectivity index (χ2v) is 18.6. The Morgan fingerprint density at radius 3 is 1.33 bits per heavy atom. The number of esters is 2. The summed E-state index contributed by atoms with van der Waals surface area (Å²) in [7, 11) is 0. The maximum absolute atomic E-state index is 13.2. The molecule has 0 saturated heterocycles. The summed E-state index contributed by atoms with van der Waals surface area (Å²) in [5.74, 6) is 0.905. The van der Waals surface area contributed by atoms with Gasteiger partial charge in [-0.25, -0.2) is 0 Å². The van der Waals surface area contributed by atoms with Gasteiger partial charge in [0, 0.05) is 19.3 Å². The van der Waals surface area contributed by atoms with Gasteiger partial charge in [-0.05, 0) is 98.2 Å². The lowest BCUT2D eigenvalue weighted by atomic mass is 9.47. The van der Waals surface area contributed by atoms with Crippen LogP contribution in [0.2, 0.25) is 0 Å². The Bertz CT molecular complexity index is 973. The smallest absolute Gasteiger partial charge is 0.305 e. The number of carboxylic acids is 1. The number of carbonyl (C=O) groups is 3. The summed E-state index contributed by atoms with van der Waals surface area (Å²) in [5, 5.41) is 9.53. The summed E-state index contributed by atoms with van der Waals surface area (Å²) in [4.78, 5) is 37.9. The highest BCUT2D eigenvalue weighted by Crippen LogP contribution is 2.64. The molecule has 2 saturated carbocycles. The molecular formula is C46H84O6. The Morgan fingerprint density at radius 1 is 0.558 bits per heavy atom. The number of unbranched alkanes of at least 4 members (excludes halogenated alkanes) is 8. The Balaban J connectivity index is 1.99. The fourth-order valence-electron chi connectivity index (χ4n) is 10.6. The van der Waals surface area contributed by atoms with Crippen molar-refractivity contribution in [1.29, 1.82) is 0 Å². The molecular weight excluding hydrogens is 648 g/mol. The van der Waals surface area contributed by atoms with Crippen LogP contribution in [0.1, 0.15) is 228 Å². The largest absolute Gasteiger partial charge is 0.481 e. The fourth-order valence-corrected chi connectivity index (χ4v) is 10.6. The van der Waals surface area contributed by atoms with Crippen LogP contribution in [-0.4, -0.2) is 36.2 Å². The molecule has 0 aromatic carbocycles. The highest BCUT2D eigenvalue weighted by atomic mass is 16.5. The molecule has 2 bridgehead atoms. The monoisotopic (exact) mass is 733 g/mol. The molecule has 0 heterocycles. The maximum Gasteiger partial charge on any atom is 0.305 e. The third-order valence-corrected chi connectivity index (χ3v) is 13.1. The van der Waals surface area contributed by atoms with E-state index in [1.54, 1.807) is 0 Å². The van der Waals surface area contributed by atoms with E-state index in [1.807, 2.05) is 0 Å². The number of ether oxygens (including phenoxy) is 2. The Labute approximate surface area is 321 Å². The molecule has 6 heteroatoms. The number of aliphatic carboxylic acids is 1. The maximum atomic E-state index is 13.2. The zero-order valence-corrected chi connectivity index (χ0v) is 35.1. The van der Waals surface area contributed by atoms with E-state index >= 15 is 0 Å². The van der Waals surface area contributed by atoms with Gasteiger partial charge in [-0.1, -0.05) is 144 Å². The molecule has 0 aromatic heterocycles. The molecule has 52 heavy (non-hydrogen) atoms. The van der Waals surface area contributed by atoms with Crippen molar-refractivity contribution in [3.05, 3.63) is 0 Å². The van der Waals surface area contributed by atoms with Crippen LogP contribution < -0.4 is 0 Å². The third-order valence-electron chi connectivity index (χ3n) is 13.1. The highest BCUT2D eigenvalue weighted by molar-refractivity contribution is 5.70. The predicted octanol–water partition coefficient (Wildman–Crippen LogP) is 13.4. The average molecular weight is 733 g/mol. The first-order valence-electron chi connectivity index (χ1n) is 22.4. The summed E-state index contributed by atoms with van der Waals surface area (Å²) in [6.07, 6.45) is 30.5. The van der Waals surface area contributed by atoms with Crippen molar-refractivity contribution in [1.82, 2.24) is 0 Å². The summed E-state index contributed by atoms with van der Waals surface area (Å²) in [6.45, 7) is 14.7. The zero-order valence-electron chi connectivity index (χ0n) is 35.1. The fraction of sp³-hybridized carbons (Fsp3) is 0.935. The van der Waals surface area contributed by atoms with Crippen LogP contribution in [0, 0.1) is 34.0 Å². The van der Waals surface area contributed by atoms with Gasteiger partial charge in [-0.15, -0.1) is 0 Å². The van der Waals surface area contributed by atoms with Crippen LogP contribution in [0.3, 0.4) is 0 Å². The van der Waals surface area contributed by atoms with Gasteiger partial charge in [-0.2, -0.15) is 0 Å². The van der Waals surface area contributed by atoms with Crippen molar-refractivity contribution in [3.8, 4) is 0 Å². The van der Waals surface area contributed by atoms with Gasteiger partial charge in [-0.3, -0.25) is 14.4 Å². The van der Waals surface area contributed by atoms with E-state index in [2.05, 4.69) is 41.5 Å². The number of hydrogen-bond acceptors (Lipinski definition) is 5. The van der Waals surface area contributed by atoms with Crippen LogP contribution in [0.25, 0.3) is 0 Å². The van der Waals surface area contributed by atoms with Crippen LogP contribution in [0.4, 0.5) is 0 Å². The first-order chi connectivity index (χ1) is 24.9. The Kier molecular flexibility index (Phi) is 22.8. The molecule has 0 aliphatic heterocycles. The van der Waals surface area contributed by atoms with E-state index in [0.717, 1.165) is 57.8 Å². The molecule has 0 amide bonds. The molecule has 6 nitrogen and oxygen atoms in total. The molecule has 304 valence electrons. The Morgan fingerprint density at radius 2 is 0.942 bits per heavy atom. The van der Waals surface area contributed by atoms with E-state index in [-0.39, 0.29) is 34.6 Å². The van der Waals surface area contributed by atoms with E-state index in [4.69, 9.17) is 9.47 Å². The first-order valence-corrected chi connectivity index (χ1v) is 22.4. The summed E-state index contributed by atoms with van der Waals surface area (Å²) in [5.41, 5.74) is -0.0629. The standard InChI is InChI=1S/C46H84O6/c1-7-11-15-19-38(20-16-12-8-2)26-31-51-42(49)24-29-45(6)34-40-33-44(5,28-23-41(47)48)36-46(35-40,37-45)30-25-43(50)52-32-27-39(21-17-13-9-3)22-18-14-10-4/h38-40H,7-37H2,1-6H3,(H,47,48). The zero-order chi connectivity index (χ0) is 38.3. The van der Waals surface area contributed by atoms with Gasteiger partial charge in [0.25, 0.3) is 0 Å². The molecule has 0 spiro atoms. The summed E-state index contributed by atoms with van der Waals surface area (Å²) < 4.78 is 11.8. The Hall–Kier alpha value is -1.59. The van der Waals surface area contributed by atoms with Gasteiger partial charge in [0.2, 0.25) is 0 Å². The molecule has 1 N–H and O–H groups in total. The minimum absolute atomic E-state index is 0.00695. The lowest BCUT2D eigenvalue weighted by molar-refractivity contribution is -0.147. The SMILES string of the molecule is CCCCCC(CCCCC)CCOC(=O)CCC1(C)CC2CC(C)(CCC(=O)O)CC(CCC(=O)OCCC(CCCCC)CCCCC)(C2)C1. The minimum atomic E-state index is -0.728. The van der Waals surface area contributed by atoms with Gasteiger partial charge in [0.05, 0.1) is 13.2 Å². The van der Waals surface area contributed by atoms with Crippen molar-refractivity contribution >= 4 is 17.9 Å². The molecule has 4 atom stereocenters. The van der Waals surface area contributed by atoms with Gasteiger partial charge in [0.1, 0.15) is 0 Å². The van der Waals surface area contributed by atoms with E-state index < -0.39 is 5.97 Å². The predicted molar refractivity (Wildman–Crippen MR) is 215 cm³/mol. The third kappa shape index (κ3) is 19.1. The van der Waals surface area contributed by atoms with E-state index in [0.29, 0.717) is 50.2 Å². The molecule has 2 aliphatic carbocycles. The molecule has 4 unspecified atom stereocenters. The van der Waals surface area contributed by atoms with Crippen molar-refractivity contribution < 1.29 is 29.0 Å². The van der Waals surface area contributed by atoms with Crippen LogP contribution in [-0.2, 0) is 23.9 Å². The van der Waals surface area contributed by atoms with Crippen molar-refractivity contribution in [2.24, 2.45) is 34.0 Å². The second kappa shape index (κ2) is 25.5. The average Bonchev–Trinajstić information content (AvgIpc) is 3.08. The normalized spacial score (nSPS) is 24.3. The lowest BCUT2D eigenvalue weighted by Gasteiger charge is -2.58. The number of fused-ring (bicyclic) bond motifs is 2. The van der Waals surface area contributed by atoms with E-state index in [1.165, 1.54) is 103 Å². The topological polar surface area (TPSA) is 89.9 Å². The van der Waals surface area contributed by atoms with Crippen LogP contribution in [0.5, 0.6) is 0 Å². The van der Waals surface area contributed by atoms with Gasteiger partial charge in [0.15, 0.2) is 0 Å². The quantitative estimate of drug-likeness (QED) is 0.0564. The minimum Gasteiger partial charge on any atom is -0.481 e. The van der Waals surface area contributed by atoms with Gasteiger partial charge >= 0.3 is 17.9 Å². The number of carbonyl (C=O) groups excluding carboxylic acids is 2. The van der Waals surface area contributed by atoms with Crippen LogP contribution >= 0.6 is 0 Å².